The lowest BCUT2D eigenvalue weighted by molar-refractivity contribution is 0.0639. The van der Waals surface area contributed by atoms with Gasteiger partial charge in [-0.2, -0.15) is 0 Å². The van der Waals surface area contributed by atoms with Crippen molar-refractivity contribution in [3.63, 3.8) is 0 Å². The Balaban J connectivity index is 1.45. The molecule has 0 fully saturated rings. The first kappa shape index (κ1) is 17.0. The van der Waals surface area contributed by atoms with Crippen molar-refractivity contribution in [2.24, 2.45) is 0 Å². The van der Waals surface area contributed by atoms with Crippen LogP contribution in [0.5, 0.6) is 0 Å². The number of pyridine rings is 1. The van der Waals surface area contributed by atoms with Crippen LogP contribution in [0.2, 0.25) is 0 Å². The van der Waals surface area contributed by atoms with Crippen LogP contribution in [0.3, 0.4) is 0 Å². The number of aromatic nitrogens is 1. The average molecular weight is 383 g/mol. The molecule has 0 spiro atoms. The van der Waals surface area contributed by atoms with Gasteiger partial charge in [0, 0.05) is 0 Å². The van der Waals surface area contributed by atoms with E-state index < -0.39 is 23.6 Å². The molecule has 1 aromatic heterocycles. The molecule has 2 aliphatic rings. The second-order valence-corrected chi connectivity index (χ2v) is 6.72. The Kier molecular flexibility index (Phi) is 3.64. The van der Waals surface area contributed by atoms with Crippen LogP contribution in [-0.2, 0) is 6.54 Å². The Hall–Kier alpha value is -4.13. The average Bonchev–Trinajstić information content (AvgIpc) is 3.14. The summed E-state index contributed by atoms with van der Waals surface area (Å²) >= 11 is 0. The van der Waals surface area contributed by atoms with Gasteiger partial charge in [-0.05, 0) is 36.4 Å². The monoisotopic (exact) mass is 383 g/mol. The Morgan fingerprint density at radius 1 is 0.586 bits per heavy atom. The predicted molar refractivity (Wildman–Crippen MR) is 102 cm³/mol. The van der Waals surface area contributed by atoms with Crippen LogP contribution in [0.25, 0.3) is 0 Å². The summed E-state index contributed by atoms with van der Waals surface area (Å²) in [5.74, 6) is -1.52. The second-order valence-electron chi connectivity index (χ2n) is 6.72. The van der Waals surface area contributed by atoms with Crippen molar-refractivity contribution >= 4 is 29.4 Å². The molecule has 7 heteroatoms. The van der Waals surface area contributed by atoms with Gasteiger partial charge in [-0.1, -0.05) is 30.3 Å². The summed E-state index contributed by atoms with van der Waals surface area (Å²) in [6.45, 7) is -0.0522. The number of fused-ring (bicyclic) bond motifs is 2. The van der Waals surface area contributed by atoms with Crippen molar-refractivity contribution in [2.45, 2.75) is 6.54 Å². The first-order valence-electron chi connectivity index (χ1n) is 8.95. The van der Waals surface area contributed by atoms with Crippen LogP contribution in [0.4, 0.5) is 5.82 Å². The lowest BCUT2D eigenvalue weighted by Gasteiger charge is -2.16. The first-order chi connectivity index (χ1) is 14.1. The number of nitrogens with zero attached hydrogens (tertiary/aromatic N) is 3. The number of imide groups is 2. The smallest absolute Gasteiger partial charge is 0.267 e. The lowest BCUT2D eigenvalue weighted by atomic mass is 10.1. The molecule has 3 aromatic rings. The molecule has 0 unspecified atom stereocenters. The number of hydrogen-bond donors (Lipinski definition) is 0. The molecule has 0 bridgehead atoms. The summed E-state index contributed by atoms with van der Waals surface area (Å²) in [6.07, 6.45) is 0. The normalized spacial score (nSPS) is 15.2. The summed E-state index contributed by atoms with van der Waals surface area (Å²) in [7, 11) is 0. The van der Waals surface area contributed by atoms with Crippen molar-refractivity contribution in [3.8, 4) is 0 Å². The number of hydrogen-bond acceptors (Lipinski definition) is 5. The number of rotatable bonds is 3. The van der Waals surface area contributed by atoms with E-state index in [1.165, 1.54) is 0 Å². The van der Waals surface area contributed by atoms with Gasteiger partial charge < -0.3 is 0 Å². The highest BCUT2D eigenvalue weighted by Crippen LogP contribution is 2.28. The van der Waals surface area contributed by atoms with Gasteiger partial charge >= 0.3 is 0 Å². The van der Waals surface area contributed by atoms with Crippen LogP contribution in [0.1, 0.15) is 47.1 Å². The highest BCUT2D eigenvalue weighted by atomic mass is 16.2. The van der Waals surface area contributed by atoms with Gasteiger partial charge in [0.25, 0.3) is 23.6 Å². The van der Waals surface area contributed by atoms with E-state index in [0.717, 1.165) is 9.80 Å². The Morgan fingerprint density at radius 2 is 1.07 bits per heavy atom. The van der Waals surface area contributed by atoms with Crippen LogP contribution in [0.15, 0.2) is 66.7 Å². The molecule has 7 nitrogen and oxygen atoms in total. The van der Waals surface area contributed by atoms with E-state index in [4.69, 9.17) is 0 Å². The molecule has 2 aromatic carbocycles. The minimum absolute atomic E-state index is 0.0522. The number of amides is 4. The fourth-order valence-corrected chi connectivity index (χ4v) is 3.62. The summed E-state index contributed by atoms with van der Waals surface area (Å²) in [6, 6.07) is 18.0. The maximum absolute atomic E-state index is 12.7. The molecule has 0 N–H and O–H groups in total. The van der Waals surface area contributed by atoms with E-state index in [-0.39, 0.29) is 12.4 Å². The molecule has 29 heavy (non-hydrogen) atoms. The van der Waals surface area contributed by atoms with Crippen LogP contribution < -0.4 is 4.90 Å². The molecule has 0 saturated heterocycles. The zero-order chi connectivity index (χ0) is 20.1. The molecule has 2 aliphatic heterocycles. The van der Waals surface area contributed by atoms with Crippen molar-refractivity contribution in [3.05, 3.63) is 94.7 Å². The minimum Gasteiger partial charge on any atom is -0.269 e. The molecule has 0 aliphatic carbocycles. The fourth-order valence-electron chi connectivity index (χ4n) is 3.62. The highest BCUT2D eigenvalue weighted by Gasteiger charge is 2.38. The summed E-state index contributed by atoms with van der Waals surface area (Å²) in [4.78, 5) is 56.9. The zero-order valence-corrected chi connectivity index (χ0v) is 15.0. The maximum atomic E-state index is 12.7. The standard InChI is InChI=1S/C22H13N3O4/c26-19-14-7-1-2-8-15(14)20(27)24(19)12-13-6-5-11-18(23-13)25-21(28)16-9-3-4-10-17(16)22(25)29/h1-11H,12H2. The zero-order valence-electron chi connectivity index (χ0n) is 15.0. The molecule has 0 radical (unpaired) electrons. The molecular formula is C22H13N3O4. The largest absolute Gasteiger partial charge is 0.269 e. The van der Waals surface area contributed by atoms with Crippen molar-refractivity contribution < 1.29 is 19.2 Å². The van der Waals surface area contributed by atoms with E-state index in [2.05, 4.69) is 4.98 Å². The lowest BCUT2D eigenvalue weighted by Crippen LogP contribution is -2.32. The summed E-state index contributed by atoms with van der Waals surface area (Å²) in [5.41, 5.74) is 1.76. The number of carbonyl (C=O) groups is 4. The Labute approximate surface area is 165 Å². The van der Waals surface area contributed by atoms with Gasteiger partial charge in [-0.15, -0.1) is 0 Å². The van der Waals surface area contributed by atoms with Gasteiger partial charge in [0.2, 0.25) is 0 Å². The van der Waals surface area contributed by atoms with Gasteiger partial charge in [-0.3, -0.25) is 24.1 Å². The number of anilines is 1. The molecular weight excluding hydrogens is 370 g/mol. The Morgan fingerprint density at radius 3 is 1.59 bits per heavy atom. The first-order valence-corrected chi connectivity index (χ1v) is 8.95. The molecule has 5 rings (SSSR count). The fraction of sp³-hybridized carbons (Fsp3) is 0.0455. The van der Waals surface area contributed by atoms with E-state index in [1.54, 1.807) is 66.7 Å². The summed E-state index contributed by atoms with van der Waals surface area (Å²) in [5, 5.41) is 0. The molecule has 0 saturated carbocycles. The van der Waals surface area contributed by atoms with Gasteiger partial charge in [-0.25, -0.2) is 9.88 Å². The predicted octanol–water partition coefficient (Wildman–Crippen LogP) is 2.68. The molecule has 140 valence electrons. The second kappa shape index (κ2) is 6.20. The topological polar surface area (TPSA) is 87.7 Å². The van der Waals surface area contributed by atoms with E-state index in [1.807, 2.05) is 0 Å². The molecule has 0 atom stereocenters. The third kappa shape index (κ3) is 2.48. The van der Waals surface area contributed by atoms with Crippen LogP contribution in [-0.4, -0.2) is 33.5 Å². The van der Waals surface area contributed by atoms with Crippen molar-refractivity contribution in [1.82, 2.24) is 9.88 Å². The van der Waals surface area contributed by atoms with E-state index in [0.29, 0.717) is 27.9 Å². The van der Waals surface area contributed by atoms with Gasteiger partial charge in [0.1, 0.15) is 5.82 Å². The number of carbonyl (C=O) groups excluding carboxylic acids is 4. The Bertz CT molecular complexity index is 1160. The third-order valence-electron chi connectivity index (χ3n) is 5.01. The van der Waals surface area contributed by atoms with Crippen LogP contribution in [0, 0.1) is 0 Å². The van der Waals surface area contributed by atoms with E-state index in [9.17, 15) is 19.2 Å². The van der Waals surface area contributed by atoms with E-state index >= 15 is 0 Å². The van der Waals surface area contributed by atoms with Crippen LogP contribution >= 0.6 is 0 Å². The number of benzene rings is 2. The van der Waals surface area contributed by atoms with Gasteiger partial charge in [0.05, 0.1) is 34.5 Å². The third-order valence-corrected chi connectivity index (χ3v) is 5.01. The molecule has 3 heterocycles. The summed E-state index contributed by atoms with van der Waals surface area (Å²) < 4.78 is 0. The van der Waals surface area contributed by atoms with Crippen molar-refractivity contribution in [1.29, 1.82) is 0 Å². The quantitative estimate of drug-likeness (QED) is 0.649. The minimum atomic E-state index is -0.448. The van der Waals surface area contributed by atoms with Gasteiger partial charge in [0.15, 0.2) is 0 Å². The SMILES string of the molecule is O=C1c2ccccc2C(=O)N1Cc1cccc(N2C(=O)c3ccccc3C2=O)n1. The molecule has 4 amide bonds. The highest BCUT2D eigenvalue weighted by molar-refractivity contribution is 6.34. The van der Waals surface area contributed by atoms with Crippen molar-refractivity contribution in [2.75, 3.05) is 4.90 Å². The maximum Gasteiger partial charge on any atom is 0.267 e.